The van der Waals surface area contributed by atoms with E-state index in [9.17, 15) is 5.11 Å². The van der Waals surface area contributed by atoms with E-state index >= 15 is 0 Å². The van der Waals surface area contributed by atoms with Crippen molar-refractivity contribution in [1.82, 2.24) is 5.43 Å². The van der Waals surface area contributed by atoms with E-state index in [1.54, 1.807) is 7.11 Å². The van der Waals surface area contributed by atoms with Crippen molar-refractivity contribution in [2.24, 2.45) is 11.7 Å². The second-order valence-corrected chi connectivity index (χ2v) is 7.12. The summed E-state index contributed by atoms with van der Waals surface area (Å²) in [6, 6.07) is 15.6. The van der Waals surface area contributed by atoms with E-state index in [0.29, 0.717) is 5.01 Å². The van der Waals surface area contributed by atoms with Gasteiger partial charge in [-0.15, -0.1) is 0 Å². The molecule has 4 rings (SSSR count). The van der Waals surface area contributed by atoms with Crippen molar-refractivity contribution in [3.05, 3.63) is 65.2 Å². The Morgan fingerprint density at radius 2 is 2.08 bits per heavy atom. The fourth-order valence-electron chi connectivity index (χ4n) is 4.30. The predicted octanol–water partition coefficient (Wildman–Crippen LogP) is 0.159. The van der Waals surface area contributed by atoms with Crippen LogP contribution in [-0.4, -0.2) is 12.2 Å². The topological polar surface area (TPSA) is 74.8 Å². The Kier molecular flexibility index (Phi) is 4.00. The van der Waals surface area contributed by atoms with Crippen LogP contribution in [-0.2, 0) is 12.1 Å². The van der Waals surface area contributed by atoms with Gasteiger partial charge in [0.15, 0.2) is 0 Å². The SMILES string of the molecule is COc1ccc2c(c1)CCC1C(c3ccccc3)N[NH+](C(N)=S)C21[O-]. The van der Waals surface area contributed by atoms with Crippen LogP contribution in [0.5, 0.6) is 5.75 Å². The summed E-state index contributed by atoms with van der Waals surface area (Å²) in [5, 5.41) is 14.7. The molecular weight excluding hydrogens is 334 g/mol. The monoisotopic (exact) mass is 355 g/mol. The summed E-state index contributed by atoms with van der Waals surface area (Å²) in [6.45, 7) is 0. The number of thiocarbonyl (C=S) groups is 1. The first-order valence-corrected chi connectivity index (χ1v) is 8.83. The zero-order valence-electron chi connectivity index (χ0n) is 14.0. The maximum Gasteiger partial charge on any atom is 0.284 e. The molecule has 0 aromatic heterocycles. The minimum atomic E-state index is -1.44. The molecule has 2 aliphatic rings. The molecule has 0 saturated carbocycles. The van der Waals surface area contributed by atoms with Gasteiger partial charge in [-0.05, 0) is 36.1 Å². The number of aryl methyl sites for hydroxylation is 1. The highest BCUT2D eigenvalue weighted by Crippen LogP contribution is 2.44. The van der Waals surface area contributed by atoms with Gasteiger partial charge in [0.1, 0.15) is 5.75 Å². The molecule has 4 N–H and O–H groups in total. The van der Waals surface area contributed by atoms with E-state index in [2.05, 4.69) is 5.43 Å². The summed E-state index contributed by atoms with van der Waals surface area (Å²) in [4.78, 5) is 0. The van der Waals surface area contributed by atoms with Crippen LogP contribution >= 0.6 is 12.2 Å². The summed E-state index contributed by atoms with van der Waals surface area (Å²) >= 11 is 5.23. The maximum absolute atomic E-state index is 14.2. The van der Waals surface area contributed by atoms with Crippen LogP contribution < -0.4 is 26.0 Å². The van der Waals surface area contributed by atoms with Crippen molar-refractivity contribution in [1.29, 1.82) is 0 Å². The number of benzene rings is 2. The van der Waals surface area contributed by atoms with Gasteiger partial charge in [-0.2, -0.15) is 5.43 Å². The van der Waals surface area contributed by atoms with Crippen LogP contribution in [0, 0.1) is 5.92 Å². The highest BCUT2D eigenvalue weighted by atomic mass is 32.1. The van der Waals surface area contributed by atoms with Gasteiger partial charge in [-0.1, -0.05) is 36.4 Å². The smallest absolute Gasteiger partial charge is 0.284 e. The molecule has 2 aromatic carbocycles. The molecule has 1 aliphatic heterocycles. The number of rotatable bonds is 2. The molecule has 0 bridgehead atoms. The van der Waals surface area contributed by atoms with E-state index in [0.717, 1.165) is 35.3 Å². The number of quaternary nitrogens is 1. The number of nitrogens with one attached hydrogen (secondary N) is 2. The average Bonchev–Trinajstić information content (AvgIpc) is 2.95. The van der Waals surface area contributed by atoms with E-state index in [1.807, 2.05) is 48.5 Å². The Bertz CT molecular complexity index is 814. The van der Waals surface area contributed by atoms with Crippen molar-refractivity contribution in [3.8, 4) is 5.75 Å². The zero-order chi connectivity index (χ0) is 17.6. The molecule has 4 atom stereocenters. The largest absolute Gasteiger partial charge is 0.798 e. The average molecular weight is 355 g/mol. The predicted molar refractivity (Wildman–Crippen MR) is 96.5 cm³/mol. The molecule has 130 valence electrons. The van der Waals surface area contributed by atoms with Gasteiger partial charge in [0, 0.05) is 23.7 Å². The molecule has 0 radical (unpaired) electrons. The van der Waals surface area contributed by atoms with Crippen LogP contribution in [0.1, 0.15) is 29.2 Å². The molecule has 1 aliphatic carbocycles. The first kappa shape index (κ1) is 16.5. The molecule has 2 aromatic rings. The van der Waals surface area contributed by atoms with E-state index < -0.39 is 5.72 Å². The van der Waals surface area contributed by atoms with Crippen molar-refractivity contribution >= 4 is 17.3 Å². The third-order valence-electron chi connectivity index (χ3n) is 5.44. The lowest BCUT2D eigenvalue weighted by molar-refractivity contribution is -0.998. The molecule has 0 amide bonds. The Balaban J connectivity index is 1.83. The molecule has 4 unspecified atom stereocenters. The number of methoxy groups -OCH3 is 1. The summed E-state index contributed by atoms with van der Waals surface area (Å²) in [5.74, 6) is 0.635. The Morgan fingerprint density at radius 1 is 1.32 bits per heavy atom. The first-order valence-electron chi connectivity index (χ1n) is 8.42. The molecule has 5 nitrogen and oxygen atoms in total. The standard InChI is InChI=1S/C19H20N3O2S/c1-24-14-8-10-15-13(11-14)7-9-16-17(12-5-3-2-4-6-12)21-22(18(20)25)19(15,16)23/h2-6,8,10-11,16-17,21H,7,9H2,1H3,(H2,20,25)/q-1/p+1. The summed E-state index contributed by atoms with van der Waals surface area (Å²) in [6.07, 6.45) is 1.62. The Labute approximate surface area is 152 Å². The van der Waals surface area contributed by atoms with Gasteiger partial charge in [-0.25, -0.2) is 5.01 Å². The molecule has 1 fully saturated rings. The second kappa shape index (κ2) is 6.07. The minimum Gasteiger partial charge on any atom is -0.798 e. The zero-order valence-corrected chi connectivity index (χ0v) is 14.8. The fourth-order valence-corrected chi connectivity index (χ4v) is 4.51. The lowest BCUT2D eigenvalue weighted by Crippen LogP contribution is -3.27. The van der Waals surface area contributed by atoms with Gasteiger partial charge in [0.2, 0.25) is 0 Å². The molecule has 1 heterocycles. The van der Waals surface area contributed by atoms with E-state index in [1.165, 1.54) is 0 Å². The van der Waals surface area contributed by atoms with Gasteiger partial charge in [0.05, 0.1) is 18.9 Å². The van der Waals surface area contributed by atoms with Gasteiger partial charge in [0.25, 0.3) is 5.11 Å². The quantitative estimate of drug-likeness (QED) is 0.669. The summed E-state index contributed by atoms with van der Waals surface area (Å²) in [7, 11) is 1.63. The van der Waals surface area contributed by atoms with Crippen LogP contribution in [0.25, 0.3) is 0 Å². The molecule has 0 spiro atoms. The van der Waals surface area contributed by atoms with Gasteiger partial charge in [-0.3, -0.25) is 0 Å². The number of fused-ring (bicyclic) bond motifs is 3. The van der Waals surface area contributed by atoms with Gasteiger partial charge >= 0.3 is 0 Å². The van der Waals surface area contributed by atoms with Crippen LogP contribution in [0.3, 0.4) is 0 Å². The van der Waals surface area contributed by atoms with Crippen molar-refractivity contribution in [2.75, 3.05) is 7.11 Å². The molecule has 6 heteroatoms. The van der Waals surface area contributed by atoms with E-state index in [-0.39, 0.29) is 17.1 Å². The van der Waals surface area contributed by atoms with Crippen molar-refractivity contribution in [2.45, 2.75) is 24.6 Å². The fraction of sp³-hybridized carbons (Fsp3) is 0.316. The van der Waals surface area contributed by atoms with Crippen molar-refractivity contribution < 1.29 is 14.9 Å². The highest BCUT2D eigenvalue weighted by Gasteiger charge is 2.55. The lowest BCUT2D eigenvalue weighted by atomic mass is 9.73. The second-order valence-electron chi connectivity index (χ2n) is 6.68. The van der Waals surface area contributed by atoms with E-state index in [4.69, 9.17) is 22.7 Å². The maximum atomic E-state index is 14.2. The molecular formula is C19H21N3O2S. The number of hydrogen-bond donors (Lipinski definition) is 3. The highest BCUT2D eigenvalue weighted by molar-refractivity contribution is 7.79. The summed E-state index contributed by atoms with van der Waals surface area (Å²) < 4.78 is 5.31. The normalized spacial score (nSPS) is 30.4. The van der Waals surface area contributed by atoms with Gasteiger partial charge < -0.3 is 15.6 Å². The van der Waals surface area contributed by atoms with Crippen LogP contribution in [0.15, 0.2) is 48.5 Å². The number of nitrogens with two attached hydrogens (primary N) is 1. The molecule has 25 heavy (non-hydrogen) atoms. The van der Waals surface area contributed by atoms with Crippen molar-refractivity contribution in [3.63, 3.8) is 0 Å². The number of ether oxygens (including phenoxy) is 1. The summed E-state index contributed by atoms with van der Waals surface area (Å²) in [5.41, 5.74) is 10.8. The first-order chi connectivity index (χ1) is 12.1. The third kappa shape index (κ3) is 2.45. The minimum absolute atomic E-state index is 0.0783. The Hall–Kier alpha value is -1.99. The molecule has 1 saturated heterocycles. The Morgan fingerprint density at radius 3 is 2.76 bits per heavy atom. The van der Waals surface area contributed by atoms with Crippen LogP contribution in [0.2, 0.25) is 0 Å². The van der Waals surface area contributed by atoms with Crippen LogP contribution in [0.4, 0.5) is 0 Å². The number of hydrogen-bond acceptors (Lipinski definition) is 4. The lowest BCUT2D eigenvalue weighted by Gasteiger charge is -2.46. The third-order valence-corrected chi connectivity index (χ3v) is 5.64.